The van der Waals surface area contributed by atoms with Gasteiger partial charge in [-0.3, -0.25) is 4.55 Å². The van der Waals surface area contributed by atoms with Crippen molar-refractivity contribution in [3.05, 3.63) is 35.9 Å². The van der Waals surface area contributed by atoms with Crippen molar-refractivity contribution in [2.45, 2.75) is 32.2 Å². The van der Waals surface area contributed by atoms with Crippen LogP contribution in [0.5, 0.6) is 0 Å². The van der Waals surface area contributed by atoms with Crippen LogP contribution in [-0.2, 0) is 16.5 Å². The summed E-state index contributed by atoms with van der Waals surface area (Å²) in [5, 5.41) is 0. The van der Waals surface area contributed by atoms with E-state index < -0.39 is 10.1 Å². The summed E-state index contributed by atoms with van der Waals surface area (Å²) in [4.78, 5) is 2.13. The summed E-state index contributed by atoms with van der Waals surface area (Å²) in [6, 6.07) is 10.2. The second-order valence-electron chi connectivity index (χ2n) is 5.54. The van der Waals surface area contributed by atoms with Crippen LogP contribution in [0.3, 0.4) is 0 Å². The summed E-state index contributed by atoms with van der Waals surface area (Å²) in [5.41, 5.74) is 1.20. The van der Waals surface area contributed by atoms with Gasteiger partial charge in [-0.2, -0.15) is 8.42 Å². The van der Waals surface area contributed by atoms with Gasteiger partial charge in [-0.15, -0.1) is 0 Å². The molecule has 4 nitrogen and oxygen atoms in total. The first-order chi connectivity index (χ1) is 8.71. The van der Waals surface area contributed by atoms with E-state index in [0.29, 0.717) is 13.0 Å². The lowest BCUT2D eigenvalue weighted by Gasteiger charge is -2.36. The average Bonchev–Trinajstić information content (AvgIpc) is 2.27. The third-order valence-electron chi connectivity index (χ3n) is 3.41. The summed E-state index contributed by atoms with van der Waals surface area (Å²) in [6.07, 6.45) is 1.34. The molecule has 0 aromatic heterocycles. The molecule has 5 heteroatoms. The van der Waals surface area contributed by atoms with Gasteiger partial charge in [0.15, 0.2) is 0 Å². The van der Waals surface area contributed by atoms with Crippen molar-refractivity contribution in [2.24, 2.45) is 0 Å². The van der Waals surface area contributed by atoms with Crippen LogP contribution in [0.4, 0.5) is 0 Å². The van der Waals surface area contributed by atoms with Crippen LogP contribution in [0.2, 0.25) is 0 Å². The molecule has 0 saturated heterocycles. The summed E-state index contributed by atoms with van der Waals surface area (Å²) >= 11 is 0. The molecule has 108 valence electrons. The molecular weight excluding hydrogens is 262 g/mol. The molecular formula is C14H23NO3S. The van der Waals surface area contributed by atoms with Gasteiger partial charge < -0.3 is 4.90 Å². The second-order valence-corrected chi connectivity index (χ2v) is 7.11. The van der Waals surface area contributed by atoms with Gasteiger partial charge in [0.2, 0.25) is 0 Å². The Kier molecular flexibility index (Phi) is 5.52. The van der Waals surface area contributed by atoms with E-state index in [1.54, 1.807) is 0 Å². The van der Waals surface area contributed by atoms with Gasteiger partial charge in [0.1, 0.15) is 0 Å². The fraction of sp³-hybridized carbons (Fsp3) is 0.571. The maximum Gasteiger partial charge on any atom is 0.264 e. The molecule has 1 N–H and O–H groups in total. The van der Waals surface area contributed by atoms with Gasteiger partial charge in [0.25, 0.3) is 10.1 Å². The fourth-order valence-corrected chi connectivity index (χ4v) is 2.51. The van der Waals surface area contributed by atoms with Crippen molar-refractivity contribution >= 4 is 10.1 Å². The highest BCUT2D eigenvalue weighted by Crippen LogP contribution is 2.19. The number of benzene rings is 1. The zero-order valence-corrected chi connectivity index (χ0v) is 12.7. The van der Waals surface area contributed by atoms with E-state index in [9.17, 15) is 8.42 Å². The summed E-state index contributed by atoms with van der Waals surface area (Å²) in [5.74, 6) is -0.182. The number of nitrogens with zero attached hydrogens (tertiary/aromatic N) is 1. The summed E-state index contributed by atoms with van der Waals surface area (Å²) in [6.45, 7) is 4.90. The Morgan fingerprint density at radius 3 is 2.32 bits per heavy atom. The molecule has 0 atom stereocenters. The topological polar surface area (TPSA) is 57.6 Å². The minimum Gasteiger partial charge on any atom is -0.301 e. The van der Waals surface area contributed by atoms with Crippen molar-refractivity contribution < 1.29 is 13.0 Å². The zero-order valence-electron chi connectivity index (χ0n) is 11.8. The van der Waals surface area contributed by atoms with Gasteiger partial charge in [-0.1, -0.05) is 30.3 Å². The van der Waals surface area contributed by atoms with Crippen LogP contribution in [0.1, 0.15) is 25.8 Å². The highest BCUT2D eigenvalue weighted by Gasteiger charge is 2.23. The third-order valence-corrected chi connectivity index (χ3v) is 4.21. The first-order valence-corrected chi connectivity index (χ1v) is 8.02. The molecule has 1 aromatic rings. The van der Waals surface area contributed by atoms with Crippen molar-refractivity contribution in [3.63, 3.8) is 0 Å². The Balaban J connectivity index is 2.52. The monoisotopic (exact) mass is 285 g/mol. The molecule has 1 rings (SSSR count). The highest BCUT2D eigenvalue weighted by molar-refractivity contribution is 7.85. The smallest absolute Gasteiger partial charge is 0.264 e. The van der Waals surface area contributed by atoms with Gasteiger partial charge in [-0.05, 0) is 45.8 Å². The standard InChI is InChI=1S/C14H23NO3S/c1-14(2,12-13-8-5-4-6-9-13)15(3)10-7-11-19(16,17)18/h4-6,8-9H,7,10-12H2,1-3H3,(H,16,17,18). The first kappa shape index (κ1) is 16.1. The van der Waals surface area contributed by atoms with Crippen LogP contribution in [0.15, 0.2) is 30.3 Å². The van der Waals surface area contributed by atoms with Gasteiger partial charge in [0, 0.05) is 5.54 Å². The largest absolute Gasteiger partial charge is 0.301 e. The van der Waals surface area contributed by atoms with E-state index in [-0.39, 0.29) is 11.3 Å². The Morgan fingerprint density at radius 1 is 1.21 bits per heavy atom. The number of hydrogen-bond acceptors (Lipinski definition) is 3. The fourth-order valence-electron chi connectivity index (χ4n) is 2.02. The zero-order chi connectivity index (χ0) is 14.5. The molecule has 0 bridgehead atoms. The molecule has 0 radical (unpaired) electrons. The Labute approximate surface area is 116 Å². The normalized spacial score (nSPS) is 12.9. The second kappa shape index (κ2) is 6.50. The van der Waals surface area contributed by atoms with Crippen molar-refractivity contribution in [3.8, 4) is 0 Å². The van der Waals surface area contributed by atoms with Gasteiger partial charge in [0.05, 0.1) is 5.75 Å². The maximum absolute atomic E-state index is 10.7. The molecule has 0 unspecified atom stereocenters. The number of rotatable bonds is 7. The molecule has 0 spiro atoms. The van der Waals surface area contributed by atoms with Crippen molar-refractivity contribution in [1.82, 2.24) is 4.90 Å². The van der Waals surface area contributed by atoms with E-state index >= 15 is 0 Å². The molecule has 0 heterocycles. The van der Waals surface area contributed by atoms with E-state index in [1.807, 2.05) is 25.2 Å². The minimum atomic E-state index is -3.85. The first-order valence-electron chi connectivity index (χ1n) is 6.41. The maximum atomic E-state index is 10.7. The summed E-state index contributed by atoms with van der Waals surface area (Å²) in [7, 11) is -1.87. The van der Waals surface area contributed by atoms with Gasteiger partial charge in [-0.25, -0.2) is 0 Å². The van der Waals surface area contributed by atoms with Crippen LogP contribution in [0.25, 0.3) is 0 Å². The van der Waals surface area contributed by atoms with E-state index in [1.165, 1.54) is 5.56 Å². The van der Waals surface area contributed by atoms with Crippen LogP contribution in [-0.4, -0.2) is 42.8 Å². The van der Waals surface area contributed by atoms with Crippen LogP contribution < -0.4 is 0 Å². The Morgan fingerprint density at radius 2 is 1.79 bits per heavy atom. The average molecular weight is 285 g/mol. The van der Waals surface area contributed by atoms with Crippen molar-refractivity contribution in [1.29, 1.82) is 0 Å². The minimum absolute atomic E-state index is 0.0550. The lowest BCUT2D eigenvalue weighted by Crippen LogP contribution is -2.43. The molecule has 19 heavy (non-hydrogen) atoms. The Hall–Kier alpha value is -0.910. The van der Waals surface area contributed by atoms with Crippen LogP contribution >= 0.6 is 0 Å². The van der Waals surface area contributed by atoms with Gasteiger partial charge >= 0.3 is 0 Å². The SMILES string of the molecule is CN(CCCS(=O)(=O)O)C(C)(C)Cc1ccccc1. The number of hydrogen-bond donors (Lipinski definition) is 1. The highest BCUT2D eigenvalue weighted by atomic mass is 32.2. The molecule has 0 amide bonds. The molecule has 0 aliphatic heterocycles. The summed E-state index contributed by atoms with van der Waals surface area (Å²) < 4.78 is 30.1. The predicted octanol–water partition coefficient (Wildman–Crippen LogP) is 2.22. The number of likely N-dealkylation sites (N-methyl/N-ethyl adjacent to an activating group) is 1. The molecule has 0 fully saturated rings. The Bertz CT molecular complexity index is 483. The molecule has 0 aliphatic carbocycles. The van der Waals surface area contributed by atoms with E-state index in [4.69, 9.17) is 4.55 Å². The third kappa shape index (κ3) is 6.18. The molecule has 0 aliphatic rings. The predicted molar refractivity (Wildman–Crippen MR) is 77.9 cm³/mol. The lowest BCUT2D eigenvalue weighted by molar-refractivity contribution is 0.156. The lowest BCUT2D eigenvalue weighted by atomic mass is 9.93. The van der Waals surface area contributed by atoms with Crippen molar-refractivity contribution in [2.75, 3.05) is 19.3 Å². The van der Waals surface area contributed by atoms with E-state index in [0.717, 1.165) is 6.42 Å². The quantitative estimate of drug-likeness (QED) is 0.780. The molecule has 1 aromatic carbocycles. The van der Waals surface area contributed by atoms with Crippen LogP contribution in [0, 0.1) is 0 Å². The molecule has 0 saturated carbocycles. The van der Waals surface area contributed by atoms with E-state index in [2.05, 4.69) is 30.9 Å².